The van der Waals surface area contributed by atoms with Crippen LogP contribution in [-0.2, 0) is 0 Å². The van der Waals surface area contributed by atoms with Crippen molar-refractivity contribution in [3.8, 4) is 0 Å². The van der Waals surface area contributed by atoms with Crippen molar-refractivity contribution in [2.45, 2.75) is 77.4 Å². The van der Waals surface area contributed by atoms with E-state index < -0.39 is 11.2 Å². The average Bonchev–Trinajstić information content (AvgIpc) is 2.14. The molecule has 2 N–H and O–H groups in total. The Balaban J connectivity index is 2.20. The third kappa shape index (κ3) is 2.39. The fourth-order valence-corrected chi connectivity index (χ4v) is 4.33. The monoisotopic (exact) mass is 240 g/mol. The van der Waals surface area contributed by atoms with Gasteiger partial charge in [-0.3, -0.25) is 0 Å². The summed E-state index contributed by atoms with van der Waals surface area (Å²) in [6, 6.07) is 0. The van der Waals surface area contributed by atoms with Crippen LogP contribution in [0.5, 0.6) is 0 Å². The molecule has 2 saturated carbocycles. The van der Waals surface area contributed by atoms with Crippen molar-refractivity contribution in [2.75, 3.05) is 0 Å². The number of hydrogen-bond donors (Lipinski definition) is 2. The molecule has 4 atom stereocenters. The highest BCUT2D eigenvalue weighted by atomic mass is 16.3. The maximum atomic E-state index is 10.6. The first-order chi connectivity index (χ1) is 7.65. The molecule has 0 aromatic heterocycles. The lowest BCUT2D eigenvalue weighted by molar-refractivity contribution is -0.143. The fraction of sp³-hybridized carbons (Fsp3) is 1.00. The Labute approximate surface area is 105 Å². The summed E-state index contributed by atoms with van der Waals surface area (Å²) in [5.74, 6) is 0.694. The van der Waals surface area contributed by atoms with Gasteiger partial charge in [0.1, 0.15) is 0 Å². The van der Waals surface area contributed by atoms with Gasteiger partial charge in [-0.25, -0.2) is 0 Å². The summed E-state index contributed by atoms with van der Waals surface area (Å²) in [5, 5.41) is 20.8. The Kier molecular flexibility index (Phi) is 3.11. The lowest BCUT2D eigenvalue weighted by atomic mass is 9.52. The predicted octanol–water partition coefficient (Wildman–Crippen LogP) is 3.11. The van der Waals surface area contributed by atoms with E-state index in [1.807, 2.05) is 20.8 Å². The first kappa shape index (κ1) is 13.4. The van der Waals surface area contributed by atoms with Gasteiger partial charge in [-0.05, 0) is 70.1 Å². The fourth-order valence-electron chi connectivity index (χ4n) is 4.33. The molecule has 0 saturated heterocycles. The SMILES string of the molecule is CC(C)(O)[C@@H]1CC[C@]2(C)CCC[C@](C)(O)[C@H]2C1. The van der Waals surface area contributed by atoms with Crippen LogP contribution in [0.1, 0.15) is 66.2 Å². The molecule has 0 aromatic rings. The molecule has 17 heavy (non-hydrogen) atoms. The minimum absolute atomic E-state index is 0.295. The summed E-state index contributed by atoms with van der Waals surface area (Å²) in [6.45, 7) is 8.17. The summed E-state index contributed by atoms with van der Waals surface area (Å²) >= 11 is 0. The van der Waals surface area contributed by atoms with Crippen LogP contribution in [-0.4, -0.2) is 21.4 Å². The van der Waals surface area contributed by atoms with E-state index >= 15 is 0 Å². The number of fused-ring (bicyclic) bond motifs is 1. The normalized spacial score (nSPS) is 47.6. The molecule has 2 rings (SSSR count). The summed E-state index contributed by atoms with van der Waals surface area (Å²) in [6.07, 6.45) is 6.55. The predicted molar refractivity (Wildman–Crippen MR) is 69.7 cm³/mol. The van der Waals surface area contributed by atoms with Gasteiger partial charge in [0.2, 0.25) is 0 Å². The average molecular weight is 240 g/mol. The van der Waals surface area contributed by atoms with Gasteiger partial charge in [-0.15, -0.1) is 0 Å². The quantitative estimate of drug-likeness (QED) is 0.739. The maximum Gasteiger partial charge on any atom is 0.0653 e. The highest BCUT2D eigenvalue weighted by Gasteiger charge is 2.52. The van der Waals surface area contributed by atoms with Gasteiger partial charge in [-0.1, -0.05) is 13.3 Å². The Hall–Kier alpha value is -0.0800. The molecule has 100 valence electrons. The minimum atomic E-state index is -0.602. The zero-order valence-corrected chi connectivity index (χ0v) is 11.8. The molecular weight excluding hydrogens is 212 g/mol. The van der Waals surface area contributed by atoms with E-state index in [9.17, 15) is 10.2 Å². The lowest BCUT2D eigenvalue weighted by Gasteiger charge is -2.55. The lowest BCUT2D eigenvalue weighted by Crippen LogP contribution is -2.53. The van der Waals surface area contributed by atoms with E-state index in [0.29, 0.717) is 17.3 Å². The molecule has 2 nitrogen and oxygen atoms in total. The molecule has 2 fully saturated rings. The molecule has 0 bridgehead atoms. The molecule has 0 aliphatic heterocycles. The number of aliphatic hydroxyl groups is 2. The smallest absolute Gasteiger partial charge is 0.0653 e. The van der Waals surface area contributed by atoms with E-state index in [-0.39, 0.29) is 0 Å². The zero-order chi connectivity index (χ0) is 12.9. The largest absolute Gasteiger partial charge is 0.390 e. The van der Waals surface area contributed by atoms with Crippen LogP contribution in [0.3, 0.4) is 0 Å². The molecule has 2 aliphatic carbocycles. The second-order valence-corrected chi connectivity index (χ2v) is 7.54. The van der Waals surface area contributed by atoms with Gasteiger partial charge in [0, 0.05) is 0 Å². The first-order valence-corrected chi connectivity index (χ1v) is 7.10. The van der Waals surface area contributed by atoms with Crippen LogP contribution >= 0.6 is 0 Å². The molecule has 0 radical (unpaired) electrons. The molecule has 0 aromatic carbocycles. The van der Waals surface area contributed by atoms with Gasteiger partial charge in [0.15, 0.2) is 0 Å². The molecular formula is C15H28O2. The van der Waals surface area contributed by atoms with Crippen molar-refractivity contribution < 1.29 is 10.2 Å². The summed E-state index contributed by atoms with van der Waals surface area (Å²) in [7, 11) is 0. The highest BCUT2D eigenvalue weighted by Crippen LogP contribution is 2.56. The summed E-state index contributed by atoms with van der Waals surface area (Å²) in [4.78, 5) is 0. The van der Waals surface area contributed by atoms with Crippen LogP contribution in [0, 0.1) is 17.3 Å². The summed E-state index contributed by atoms with van der Waals surface area (Å²) in [5.41, 5.74) is -0.838. The van der Waals surface area contributed by atoms with Crippen LogP contribution in [0.2, 0.25) is 0 Å². The van der Waals surface area contributed by atoms with Crippen molar-refractivity contribution in [1.82, 2.24) is 0 Å². The van der Waals surface area contributed by atoms with Gasteiger partial charge < -0.3 is 10.2 Å². The molecule has 0 spiro atoms. The van der Waals surface area contributed by atoms with E-state index in [1.54, 1.807) is 0 Å². The Bertz CT molecular complexity index is 290. The highest BCUT2D eigenvalue weighted by molar-refractivity contribution is 5.03. The van der Waals surface area contributed by atoms with Crippen molar-refractivity contribution in [2.24, 2.45) is 17.3 Å². The Morgan fingerprint density at radius 1 is 1.12 bits per heavy atom. The van der Waals surface area contributed by atoms with Gasteiger partial charge in [0.05, 0.1) is 11.2 Å². The molecule has 0 amide bonds. The van der Waals surface area contributed by atoms with Gasteiger partial charge in [-0.2, -0.15) is 0 Å². The van der Waals surface area contributed by atoms with E-state index in [1.165, 1.54) is 6.42 Å². The zero-order valence-electron chi connectivity index (χ0n) is 11.8. The van der Waals surface area contributed by atoms with Gasteiger partial charge >= 0.3 is 0 Å². The van der Waals surface area contributed by atoms with Crippen molar-refractivity contribution in [1.29, 1.82) is 0 Å². The number of rotatable bonds is 1. The third-order valence-electron chi connectivity index (χ3n) is 5.61. The summed E-state index contributed by atoms with van der Waals surface area (Å²) < 4.78 is 0. The van der Waals surface area contributed by atoms with E-state index in [2.05, 4.69) is 6.92 Å². The maximum absolute atomic E-state index is 10.6. The molecule has 2 aliphatic rings. The van der Waals surface area contributed by atoms with Crippen molar-refractivity contribution in [3.05, 3.63) is 0 Å². The molecule has 2 heteroatoms. The van der Waals surface area contributed by atoms with Crippen molar-refractivity contribution in [3.63, 3.8) is 0 Å². The van der Waals surface area contributed by atoms with E-state index in [4.69, 9.17) is 0 Å². The number of hydrogen-bond acceptors (Lipinski definition) is 2. The Morgan fingerprint density at radius 2 is 1.76 bits per heavy atom. The van der Waals surface area contributed by atoms with Crippen LogP contribution < -0.4 is 0 Å². The topological polar surface area (TPSA) is 40.5 Å². The van der Waals surface area contributed by atoms with Crippen LogP contribution in [0.15, 0.2) is 0 Å². The minimum Gasteiger partial charge on any atom is -0.390 e. The van der Waals surface area contributed by atoms with Crippen molar-refractivity contribution >= 4 is 0 Å². The first-order valence-electron chi connectivity index (χ1n) is 7.10. The van der Waals surface area contributed by atoms with Crippen LogP contribution in [0.4, 0.5) is 0 Å². The molecule has 0 unspecified atom stereocenters. The van der Waals surface area contributed by atoms with Crippen LogP contribution in [0.25, 0.3) is 0 Å². The second kappa shape index (κ2) is 3.96. The third-order valence-corrected chi connectivity index (χ3v) is 5.61. The Morgan fingerprint density at radius 3 is 2.35 bits per heavy atom. The molecule has 0 heterocycles. The standard InChI is InChI=1S/C15H28O2/c1-13(2,16)11-6-9-14(3)7-5-8-15(4,17)12(14)10-11/h11-12,16-17H,5-10H2,1-4H3/t11-,12+,14+,15+/m1/s1. The van der Waals surface area contributed by atoms with Gasteiger partial charge in [0.25, 0.3) is 0 Å². The van der Waals surface area contributed by atoms with E-state index in [0.717, 1.165) is 32.1 Å². The second-order valence-electron chi connectivity index (χ2n) is 7.54.